The lowest BCUT2D eigenvalue weighted by Gasteiger charge is -2.05. The highest BCUT2D eigenvalue weighted by Gasteiger charge is 2.26. The highest BCUT2D eigenvalue weighted by Crippen LogP contribution is 2.29. The molecule has 0 spiro atoms. The maximum atomic E-state index is 12.1. The van der Waals surface area contributed by atoms with Crippen LogP contribution < -0.4 is 10.6 Å². The number of hydrogen-bond donors (Lipinski definition) is 2. The van der Waals surface area contributed by atoms with Crippen molar-refractivity contribution in [1.82, 2.24) is 15.2 Å². The summed E-state index contributed by atoms with van der Waals surface area (Å²) in [4.78, 5) is 35.5. The second-order valence-electron chi connectivity index (χ2n) is 5.92. The lowest BCUT2D eigenvalue weighted by atomic mass is 10.1. The second kappa shape index (κ2) is 5.83. The van der Waals surface area contributed by atoms with Crippen molar-refractivity contribution in [2.75, 3.05) is 0 Å². The Morgan fingerprint density at radius 1 is 1.33 bits per heavy atom. The lowest BCUT2D eigenvalue weighted by molar-refractivity contribution is -0.121. The summed E-state index contributed by atoms with van der Waals surface area (Å²) in [7, 11) is 0. The van der Waals surface area contributed by atoms with Crippen molar-refractivity contribution in [2.45, 2.75) is 25.4 Å². The number of benzene rings is 1. The van der Waals surface area contributed by atoms with Gasteiger partial charge in [-0.1, -0.05) is 18.2 Å². The van der Waals surface area contributed by atoms with Crippen LogP contribution in [0.1, 0.15) is 18.4 Å². The first kappa shape index (κ1) is 15.0. The minimum atomic E-state index is -0.381. The van der Waals surface area contributed by atoms with Crippen molar-refractivity contribution in [2.24, 2.45) is 0 Å². The zero-order valence-electron chi connectivity index (χ0n) is 12.7. The van der Waals surface area contributed by atoms with Gasteiger partial charge in [0.15, 0.2) is 0 Å². The van der Waals surface area contributed by atoms with E-state index in [0.29, 0.717) is 10.9 Å². The van der Waals surface area contributed by atoms with Crippen LogP contribution in [0.2, 0.25) is 0 Å². The Balaban J connectivity index is 1.68. The molecule has 3 amide bonds. The molecule has 2 aliphatic rings. The monoisotopic (exact) mass is 341 g/mol. The lowest BCUT2D eigenvalue weighted by Crippen LogP contribution is -2.29. The van der Waals surface area contributed by atoms with Crippen LogP contribution in [-0.2, 0) is 16.1 Å². The SMILES string of the molecule is O=C(Cn1cc(/C=C2\SC(=O)NC2=O)c2ccccc21)NC1CC1. The van der Waals surface area contributed by atoms with Crippen molar-refractivity contribution in [3.63, 3.8) is 0 Å². The van der Waals surface area contributed by atoms with Gasteiger partial charge in [0, 0.05) is 28.7 Å². The van der Waals surface area contributed by atoms with Crippen LogP contribution in [0.5, 0.6) is 0 Å². The Morgan fingerprint density at radius 3 is 2.83 bits per heavy atom. The predicted octanol–water partition coefficient (Wildman–Crippen LogP) is 2.24. The topological polar surface area (TPSA) is 80.2 Å². The summed E-state index contributed by atoms with van der Waals surface area (Å²) < 4.78 is 1.87. The number of carbonyl (C=O) groups is 3. The van der Waals surface area contributed by atoms with Gasteiger partial charge in [0.1, 0.15) is 6.54 Å². The maximum absolute atomic E-state index is 12.1. The van der Waals surface area contributed by atoms with Gasteiger partial charge in [-0.2, -0.15) is 0 Å². The molecular formula is C17H15N3O3S. The molecule has 2 heterocycles. The van der Waals surface area contributed by atoms with E-state index in [2.05, 4.69) is 10.6 Å². The van der Waals surface area contributed by atoms with Gasteiger partial charge >= 0.3 is 0 Å². The van der Waals surface area contributed by atoms with Gasteiger partial charge in [-0.15, -0.1) is 0 Å². The van der Waals surface area contributed by atoms with E-state index in [1.807, 2.05) is 35.0 Å². The first-order chi connectivity index (χ1) is 11.6. The van der Waals surface area contributed by atoms with E-state index in [4.69, 9.17) is 0 Å². The fraction of sp³-hybridized carbons (Fsp3) is 0.235. The largest absolute Gasteiger partial charge is 0.352 e. The van der Waals surface area contributed by atoms with E-state index in [-0.39, 0.29) is 23.6 Å². The molecule has 0 unspecified atom stereocenters. The van der Waals surface area contributed by atoms with Crippen molar-refractivity contribution < 1.29 is 14.4 Å². The number of thioether (sulfide) groups is 1. The van der Waals surface area contributed by atoms with Gasteiger partial charge < -0.3 is 9.88 Å². The first-order valence-corrected chi connectivity index (χ1v) is 8.54. The molecule has 1 aliphatic heterocycles. The van der Waals surface area contributed by atoms with Gasteiger partial charge in [-0.3, -0.25) is 19.7 Å². The standard InChI is InChI=1S/C17H15N3O3S/c21-15(18-11-5-6-11)9-20-8-10(12-3-1-2-4-13(12)20)7-14-16(22)19-17(23)24-14/h1-4,7-8,11H,5-6,9H2,(H,18,21)(H,19,22,23)/b14-7-. The molecule has 0 atom stereocenters. The molecule has 1 aromatic carbocycles. The molecule has 2 aromatic rings. The van der Waals surface area contributed by atoms with Crippen LogP contribution in [0.15, 0.2) is 35.4 Å². The van der Waals surface area contributed by atoms with Crippen LogP contribution >= 0.6 is 11.8 Å². The number of nitrogens with zero attached hydrogens (tertiary/aromatic N) is 1. The van der Waals surface area contributed by atoms with E-state index in [1.165, 1.54) is 0 Å². The average molecular weight is 341 g/mol. The summed E-state index contributed by atoms with van der Waals surface area (Å²) in [6.07, 6.45) is 5.65. The van der Waals surface area contributed by atoms with Gasteiger partial charge in [-0.05, 0) is 36.7 Å². The third-order valence-corrected chi connectivity index (χ3v) is 4.82. The highest BCUT2D eigenvalue weighted by molar-refractivity contribution is 8.18. The van der Waals surface area contributed by atoms with Gasteiger partial charge in [0.2, 0.25) is 5.91 Å². The van der Waals surface area contributed by atoms with Crippen LogP contribution in [0.3, 0.4) is 0 Å². The molecule has 2 fully saturated rings. The molecule has 1 aromatic heterocycles. The Bertz CT molecular complexity index is 896. The summed E-state index contributed by atoms with van der Waals surface area (Å²) >= 11 is 0.890. The molecule has 1 saturated carbocycles. The Hall–Kier alpha value is -2.54. The molecular weight excluding hydrogens is 326 g/mol. The number of fused-ring (bicyclic) bond motifs is 1. The van der Waals surface area contributed by atoms with Crippen molar-refractivity contribution in [1.29, 1.82) is 0 Å². The van der Waals surface area contributed by atoms with Crippen molar-refractivity contribution in [3.8, 4) is 0 Å². The van der Waals surface area contributed by atoms with Crippen LogP contribution in [0.25, 0.3) is 17.0 Å². The first-order valence-electron chi connectivity index (χ1n) is 7.72. The molecule has 6 nitrogen and oxygen atoms in total. The number of hydrogen-bond acceptors (Lipinski definition) is 4. The molecule has 122 valence electrons. The number of imide groups is 1. The quantitative estimate of drug-likeness (QED) is 0.836. The molecule has 0 bridgehead atoms. The van der Waals surface area contributed by atoms with E-state index in [0.717, 1.165) is 41.1 Å². The van der Waals surface area contributed by atoms with Gasteiger partial charge in [0.05, 0.1) is 4.91 Å². The molecule has 0 radical (unpaired) electrons. The summed E-state index contributed by atoms with van der Waals surface area (Å²) in [5, 5.41) is 5.80. The average Bonchev–Trinajstić information content (AvgIpc) is 3.21. The number of aromatic nitrogens is 1. The molecule has 2 N–H and O–H groups in total. The van der Waals surface area contributed by atoms with E-state index in [9.17, 15) is 14.4 Å². The zero-order valence-corrected chi connectivity index (χ0v) is 13.6. The summed E-state index contributed by atoms with van der Waals surface area (Å²) in [6, 6.07) is 8.03. The number of nitrogens with one attached hydrogen (secondary N) is 2. The summed E-state index contributed by atoms with van der Waals surface area (Å²) in [5.74, 6) is -0.395. The fourth-order valence-electron chi connectivity index (χ4n) is 2.74. The van der Waals surface area contributed by atoms with E-state index in [1.54, 1.807) is 6.08 Å². The van der Waals surface area contributed by atoms with Crippen molar-refractivity contribution in [3.05, 3.63) is 40.9 Å². The Labute approximate surface area is 142 Å². The maximum Gasteiger partial charge on any atom is 0.290 e. The number of rotatable bonds is 4. The van der Waals surface area contributed by atoms with Crippen LogP contribution in [-0.4, -0.2) is 27.7 Å². The predicted molar refractivity (Wildman–Crippen MR) is 92.2 cm³/mol. The third-order valence-electron chi connectivity index (χ3n) is 4.00. The number of carbonyl (C=O) groups excluding carboxylic acids is 3. The summed E-state index contributed by atoms with van der Waals surface area (Å²) in [6.45, 7) is 0.235. The second-order valence-corrected chi connectivity index (χ2v) is 6.94. The van der Waals surface area contributed by atoms with E-state index >= 15 is 0 Å². The van der Waals surface area contributed by atoms with Crippen LogP contribution in [0, 0.1) is 0 Å². The zero-order chi connectivity index (χ0) is 16.7. The molecule has 24 heavy (non-hydrogen) atoms. The van der Waals surface area contributed by atoms with E-state index < -0.39 is 0 Å². The number of para-hydroxylation sites is 1. The highest BCUT2D eigenvalue weighted by atomic mass is 32.2. The fourth-order valence-corrected chi connectivity index (χ4v) is 3.41. The number of amides is 3. The molecule has 1 saturated heterocycles. The van der Waals surface area contributed by atoms with Crippen molar-refractivity contribution >= 4 is 45.8 Å². The molecule has 1 aliphatic carbocycles. The normalized spacial score (nSPS) is 19.1. The Kier molecular flexibility index (Phi) is 3.65. The summed E-state index contributed by atoms with van der Waals surface area (Å²) in [5.41, 5.74) is 1.74. The minimum Gasteiger partial charge on any atom is -0.352 e. The molecule has 4 rings (SSSR count). The smallest absolute Gasteiger partial charge is 0.290 e. The van der Waals surface area contributed by atoms with Crippen LogP contribution in [0.4, 0.5) is 4.79 Å². The van der Waals surface area contributed by atoms with Gasteiger partial charge in [-0.25, -0.2) is 0 Å². The molecule has 7 heteroatoms. The third kappa shape index (κ3) is 2.94. The van der Waals surface area contributed by atoms with Gasteiger partial charge in [0.25, 0.3) is 11.1 Å². The Morgan fingerprint density at radius 2 is 2.12 bits per heavy atom. The minimum absolute atomic E-state index is 0.0133.